The van der Waals surface area contributed by atoms with Gasteiger partial charge in [0.25, 0.3) is 0 Å². The van der Waals surface area contributed by atoms with Crippen molar-refractivity contribution in [2.75, 3.05) is 12.3 Å². The number of hydrogen-bond donors (Lipinski definition) is 4. The van der Waals surface area contributed by atoms with Crippen LogP contribution in [0.1, 0.15) is 6.23 Å². The summed E-state index contributed by atoms with van der Waals surface area (Å²) in [5.74, 6) is 0.338. The van der Waals surface area contributed by atoms with Crippen LogP contribution in [0, 0.1) is 3.57 Å². The van der Waals surface area contributed by atoms with Crippen molar-refractivity contribution in [3.8, 4) is 0 Å². The molecule has 1 fully saturated rings. The second kappa shape index (κ2) is 5.07. The Kier molecular flexibility index (Phi) is 3.54. The first-order valence-electron chi connectivity index (χ1n) is 5.93. The van der Waals surface area contributed by atoms with E-state index in [0.717, 1.165) is 3.57 Å². The maximum atomic E-state index is 10.1. The number of aromatic nitrogens is 3. The molecule has 0 amide bonds. The Bertz CT molecular complexity index is 649. The highest BCUT2D eigenvalue weighted by atomic mass is 127. The van der Waals surface area contributed by atoms with Gasteiger partial charge in [-0.2, -0.15) is 0 Å². The van der Waals surface area contributed by atoms with Crippen molar-refractivity contribution < 1.29 is 20.1 Å². The molecule has 0 spiro atoms. The minimum Gasteiger partial charge on any atom is -0.394 e. The first-order chi connectivity index (χ1) is 9.54. The van der Waals surface area contributed by atoms with Crippen LogP contribution < -0.4 is 5.73 Å². The molecule has 1 aliphatic heterocycles. The van der Waals surface area contributed by atoms with E-state index in [1.165, 1.54) is 6.33 Å². The highest BCUT2D eigenvalue weighted by Crippen LogP contribution is 2.34. The number of anilines is 1. The number of nitrogen functional groups attached to an aromatic ring is 1. The summed E-state index contributed by atoms with van der Waals surface area (Å²) >= 11 is 2.09. The van der Waals surface area contributed by atoms with Gasteiger partial charge in [-0.05, 0) is 22.6 Å². The van der Waals surface area contributed by atoms with Crippen molar-refractivity contribution in [3.05, 3.63) is 16.1 Å². The van der Waals surface area contributed by atoms with Crippen molar-refractivity contribution in [1.82, 2.24) is 14.5 Å². The van der Waals surface area contributed by atoms with Crippen LogP contribution in [-0.4, -0.2) is 54.8 Å². The van der Waals surface area contributed by atoms with Gasteiger partial charge in [-0.1, -0.05) is 0 Å². The van der Waals surface area contributed by atoms with E-state index in [4.69, 9.17) is 15.6 Å². The third kappa shape index (κ3) is 1.97. The second-order valence-corrected chi connectivity index (χ2v) is 5.73. The Morgan fingerprint density at radius 3 is 2.75 bits per heavy atom. The number of ether oxygens (including phenoxy) is 1. The van der Waals surface area contributed by atoms with E-state index in [9.17, 15) is 10.2 Å². The summed E-state index contributed by atoms with van der Waals surface area (Å²) < 4.78 is 7.90. The van der Waals surface area contributed by atoms with Crippen LogP contribution >= 0.6 is 22.6 Å². The van der Waals surface area contributed by atoms with E-state index in [-0.39, 0.29) is 6.61 Å². The van der Waals surface area contributed by atoms with Gasteiger partial charge in [-0.25, -0.2) is 9.97 Å². The number of halogens is 1. The molecule has 1 unspecified atom stereocenters. The fourth-order valence-electron chi connectivity index (χ4n) is 2.37. The first kappa shape index (κ1) is 13.9. The van der Waals surface area contributed by atoms with Gasteiger partial charge >= 0.3 is 0 Å². The SMILES string of the molecule is Nc1ncnc2c1c(I)cn2C1O[C@H](CO)[C@@H](O)[C@H]1O. The predicted octanol–water partition coefficient (Wildman–Crippen LogP) is -0.770. The normalized spacial score (nSPS) is 30.2. The fourth-order valence-corrected chi connectivity index (χ4v) is 3.18. The van der Waals surface area contributed by atoms with Crippen molar-refractivity contribution in [2.45, 2.75) is 24.5 Å². The summed E-state index contributed by atoms with van der Waals surface area (Å²) in [6, 6.07) is 0. The molecule has 0 saturated carbocycles. The van der Waals surface area contributed by atoms with Gasteiger partial charge in [-0.3, -0.25) is 0 Å². The van der Waals surface area contributed by atoms with Crippen LogP contribution in [0.15, 0.2) is 12.5 Å². The van der Waals surface area contributed by atoms with Gasteiger partial charge in [0.1, 0.15) is 36.1 Å². The predicted molar refractivity (Wildman–Crippen MR) is 77.7 cm³/mol. The number of hydrogen-bond acceptors (Lipinski definition) is 7. The Morgan fingerprint density at radius 1 is 1.35 bits per heavy atom. The van der Waals surface area contributed by atoms with Crippen LogP contribution in [0.5, 0.6) is 0 Å². The van der Waals surface area contributed by atoms with E-state index in [1.807, 2.05) is 0 Å². The number of aliphatic hydroxyl groups is 3. The van der Waals surface area contributed by atoms with E-state index in [2.05, 4.69) is 32.6 Å². The number of rotatable bonds is 2. The Balaban J connectivity index is 2.10. The summed E-state index contributed by atoms with van der Waals surface area (Å²) in [6.45, 7) is -0.373. The molecule has 108 valence electrons. The summed E-state index contributed by atoms with van der Waals surface area (Å²) in [5.41, 5.74) is 6.33. The highest BCUT2D eigenvalue weighted by Gasteiger charge is 2.44. The zero-order valence-electron chi connectivity index (χ0n) is 10.2. The number of nitrogens with two attached hydrogens (primary N) is 1. The molecule has 20 heavy (non-hydrogen) atoms. The molecule has 5 N–H and O–H groups in total. The molecule has 3 rings (SSSR count). The number of nitrogens with zero attached hydrogens (tertiary/aromatic N) is 3. The second-order valence-electron chi connectivity index (χ2n) is 4.57. The average molecular weight is 392 g/mol. The van der Waals surface area contributed by atoms with E-state index in [0.29, 0.717) is 16.9 Å². The largest absolute Gasteiger partial charge is 0.394 e. The first-order valence-corrected chi connectivity index (χ1v) is 7.01. The third-order valence-corrected chi connectivity index (χ3v) is 4.20. The summed E-state index contributed by atoms with van der Waals surface area (Å²) in [4.78, 5) is 8.08. The van der Waals surface area contributed by atoms with Gasteiger partial charge in [-0.15, -0.1) is 0 Å². The van der Waals surface area contributed by atoms with E-state index in [1.54, 1.807) is 10.8 Å². The summed E-state index contributed by atoms with van der Waals surface area (Å²) in [5, 5.41) is 29.7. The Hall–Kier alpha value is -1.01. The number of aliphatic hydroxyl groups excluding tert-OH is 3. The van der Waals surface area contributed by atoms with Crippen LogP contribution in [0.3, 0.4) is 0 Å². The summed E-state index contributed by atoms with van der Waals surface area (Å²) in [7, 11) is 0. The van der Waals surface area contributed by atoms with Crippen molar-refractivity contribution in [3.63, 3.8) is 0 Å². The number of fused-ring (bicyclic) bond motifs is 1. The zero-order valence-corrected chi connectivity index (χ0v) is 12.4. The van der Waals surface area contributed by atoms with Crippen molar-refractivity contribution >= 4 is 39.4 Å². The van der Waals surface area contributed by atoms with Gasteiger partial charge in [0, 0.05) is 9.77 Å². The van der Waals surface area contributed by atoms with Crippen molar-refractivity contribution in [1.29, 1.82) is 0 Å². The van der Waals surface area contributed by atoms with Crippen molar-refractivity contribution in [2.24, 2.45) is 0 Å². The molecule has 0 aromatic carbocycles. The van der Waals surface area contributed by atoms with Gasteiger partial charge in [0.15, 0.2) is 6.23 Å². The average Bonchev–Trinajstić information content (AvgIpc) is 2.90. The maximum absolute atomic E-state index is 10.1. The fraction of sp³-hybridized carbons (Fsp3) is 0.455. The lowest BCUT2D eigenvalue weighted by Crippen LogP contribution is -2.33. The van der Waals surface area contributed by atoms with E-state index >= 15 is 0 Å². The molecule has 0 aliphatic carbocycles. The van der Waals surface area contributed by atoms with Crippen LogP contribution in [0.4, 0.5) is 5.82 Å². The minimum atomic E-state index is -1.16. The van der Waals surface area contributed by atoms with Crippen LogP contribution in [0.25, 0.3) is 11.0 Å². The van der Waals surface area contributed by atoms with Gasteiger partial charge < -0.3 is 30.4 Å². The maximum Gasteiger partial charge on any atom is 0.164 e. The van der Waals surface area contributed by atoms with Gasteiger partial charge in [0.05, 0.1) is 12.0 Å². The molecule has 2 aromatic heterocycles. The molecular formula is C11H13IN4O4. The third-order valence-electron chi connectivity index (χ3n) is 3.38. The van der Waals surface area contributed by atoms with Gasteiger partial charge in [0.2, 0.25) is 0 Å². The lowest BCUT2D eigenvalue weighted by atomic mass is 10.1. The molecule has 0 bridgehead atoms. The standard InChI is InChI=1S/C11H13IN4O4/c12-4-1-16(10-6(4)9(13)14-3-15-10)11-8(19)7(18)5(2-17)20-11/h1,3,5,7-8,11,17-19H,2H2,(H2,13,14,15)/t5-,7-,8-,11?/m1/s1. The Labute approximate surface area is 127 Å². The monoisotopic (exact) mass is 392 g/mol. The lowest BCUT2D eigenvalue weighted by molar-refractivity contribution is -0.0509. The molecule has 8 nitrogen and oxygen atoms in total. The Morgan fingerprint density at radius 2 is 2.10 bits per heavy atom. The molecule has 1 aliphatic rings. The molecule has 1 saturated heterocycles. The molecule has 9 heteroatoms. The molecule has 4 atom stereocenters. The summed E-state index contributed by atoms with van der Waals surface area (Å²) in [6.07, 6.45) is -0.928. The lowest BCUT2D eigenvalue weighted by Gasteiger charge is -2.17. The van der Waals surface area contributed by atoms with E-state index < -0.39 is 24.5 Å². The smallest absolute Gasteiger partial charge is 0.164 e. The molecular weight excluding hydrogens is 379 g/mol. The highest BCUT2D eigenvalue weighted by molar-refractivity contribution is 14.1. The zero-order chi connectivity index (χ0) is 14.4. The molecule has 0 radical (unpaired) electrons. The molecule has 2 aromatic rings. The molecule has 3 heterocycles. The topological polar surface area (TPSA) is 127 Å². The van der Waals surface area contributed by atoms with Crippen LogP contribution in [-0.2, 0) is 4.74 Å². The van der Waals surface area contributed by atoms with Crippen LogP contribution in [0.2, 0.25) is 0 Å². The quantitative estimate of drug-likeness (QED) is 0.495. The minimum absolute atomic E-state index is 0.338.